The van der Waals surface area contributed by atoms with E-state index < -0.39 is 0 Å². The Morgan fingerprint density at radius 1 is 1.05 bits per heavy atom. The van der Waals surface area contributed by atoms with Crippen LogP contribution < -0.4 is 0 Å². The minimum atomic E-state index is 0.920. The summed E-state index contributed by atoms with van der Waals surface area (Å²) >= 11 is 3.47. The molecule has 3 aromatic rings. The smallest absolute Gasteiger partial charge is 0.124 e. The molecule has 0 saturated carbocycles. The molecule has 0 spiro atoms. The average Bonchev–Trinajstić information content (AvgIpc) is 3.19. The van der Waals surface area contributed by atoms with Crippen molar-refractivity contribution in [3.05, 3.63) is 63.8 Å². The molecule has 0 unspecified atom stereocenters. The number of rotatable bonds is 7. The highest BCUT2D eigenvalue weighted by molar-refractivity contribution is 7.14. The fraction of sp³-hybridized carbons (Fsp3) is 0.278. The van der Waals surface area contributed by atoms with E-state index in [1.807, 2.05) is 0 Å². The Morgan fingerprint density at radius 2 is 1.91 bits per heavy atom. The quantitative estimate of drug-likeness (QED) is 0.586. The largest absolute Gasteiger partial charge is 0.293 e. The average molecular weight is 329 g/mol. The first kappa shape index (κ1) is 15.4. The van der Waals surface area contributed by atoms with Gasteiger partial charge in [-0.15, -0.1) is 11.3 Å². The molecule has 4 heteroatoms. The van der Waals surface area contributed by atoms with Gasteiger partial charge >= 0.3 is 0 Å². The van der Waals surface area contributed by atoms with Crippen molar-refractivity contribution in [2.75, 3.05) is 6.54 Å². The van der Waals surface area contributed by atoms with Crippen LogP contribution in [0.2, 0.25) is 0 Å². The van der Waals surface area contributed by atoms with Gasteiger partial charge < -0.3 is 0 Å². The molecule has 0 aliphatic heterocycles. The number of aromatic nitrogens is 1. The lowest BCUT2D eigenvalue weighted by Crippen LogP contribution is -2.23. The second-order valence-corrected chi connectivity index (χ2v) is 6.99. The van der Waals surface area contributed by atoms with E-state index in [4.69, 9.17) is 4.98 Å². The summed E-state index contributed by atoms with van der Waals surface area (Å²) in [4.78, 5) is 7.27. The SMILES string of the molecule is CCCN(Cc1ccccc1)Cc1csc(-c2ccsc2)n1. The lowest BCUT2D eigenvalue weighted by molar-refractivity contribution is 0.255. The molecule has 3 rings (SSSR count). The van der Waals surface area contributed by atoms with Gasteiger partial charge in [0.05, 0.1) is 5.69 Å². The molecule has 0 saturated heterocycles. The Labute approximate surface area is 140 Å². The minimum absolute atomic E-state index is 0.920. The second-order valence-electron chi connectivity index (χ2n) is 5.35. The molecule has 2 aromatic heterocycles. The van der Waals surface area contributed by atoms with E-state index in [9.17, 15) is 0 Å². The van der Waals surface area contributed by atoms with Gasteiger partial charge in [-0.3, -0.25) is 4.90 Å². The Morgan fingerprint density at radius 3 is 2.64 bits per heavy atom. The predicted octanol–water partition coefficient (Wildman–Crippen LogP) is 5.28. The van der Waals surface area contributed by atoms with Crippen LogP contribution in [0.4, 0.5) is 0 Å². The highest BCUT2D eigenvalue weighted by Crippen LogP contribution is 2.26. The Bertz CT molecular complexity index is 674. The summed E-state index contributed by atoms with van der Waals surface area (Å²) in [5.41, 5.74) is 3.78. The number of hydrogen-bond donors (Lipinski definition) is 0. The van der Waals surface area contributed by atoms with E-state index in [-0.39, 0.29) is 0 Å². The maximum absolute atomic E-state index is 4.80. The third-order valence-corrected chi connectivity index (χ3v) is 5.12. The van der Waals surface area contributed by atoms with Crippen LogP contribution in [0.1, 0.15) is 24.6 Å². The zero-order chi connectivity index (χ0) is 15.2. The summed E-state index contributed by atoms with van der Waals surface area (Å²) in [5, 5.41) is 7.60. The van der Waals surface area contributed by atoms with E-state index in [1.165, 1.54) is 16.8 Å². The molecular weight excluding hydrogens is 308 g/mol. The molecule has 0 aliphatic carbocycles. The molecule has 0 bridgehead atoms. The van der Waals surface area contributed by atoms with Crippen LogP contribution >= 0.6 is 22.7 Å². The van der Waals surface area contributed by atoms with Crippen molar-refractivity contribution >= 4 is 22.7 Å². The fourth-order valence-corrected chi connectivity index (χ4v) is 4.02. The first-order valence-electron chi connectivity index (χ1n) is 7.58. The van der Waals surface area contributed by atoms with E-state index in [0.29, 0.717) is 0 Å². The summed E-state index contributed by atoms with van der Waals surface area (Å²) in [6, 6.07) is 12.8. The molecule has 1 aromatic carbocycles. The lowest BCUT2D eigenvalue weighted by atomic mass is 10.2. The molecule has 0 N–H and O–H groups in total. The molecule has 0 aliphatic rings. The fourth-order valence-electron chi connectivity index (χ4n) is 2.50. The van der Waals surface area contributed by atoms with Crippen LogP contribution in [0, 0.1) is 0 Å². The molecule has 0 atom stereocenters. The molecule has 22 heavy (non-hydrogen) atoms. The van der Waals surface area contributed by atoms with Gasteiger partial charge in [0.25, 0.3) is 0 Å². The van der Waals surface area contributed by atoms with Gasteiger partial charge in [-0.2, -0.15) is 11.3 Å². The zero-order valence-corrected chi connectivity index (χ0v) is 14.4. The van der Waals surface area contributed by atoms with E-state index in [0.717, 1.165) is 31.1 Å². The van der Waals surface area contributed by atoms with Gasteiger partial charge in [0.15, 0.2) is 0 Å². The van der Waals surface area contributed by atoms with Crippen molar-refractivity contribution in [1.82, 2.24) is 9.88 Å². The number of thiazole rings is 1. The first-order chi connectivity index (χ1) is 10.8. The van der Waals surface area contributed by atoms with Gasteiger partial charge in [0.2, 0.25) is 0 Å². The summed E-state index contributed by atoms with van der Waals surface area (Å²) in [5.74, 6) is 0. The van der Waals surface area contributed by atoms with Gasteiger partial charge in [-0.1, -0.05) is 37.3 Å². The summed E-state index contributed by atoms with van der Waals surface area (Å²) in [7, 11) is 0. The third-order valence-electron chi connectivity index (χ3n) is 3.49. The van der Waals surface area contributed by atoms with Gasteiger partial charge in [-0.25, -0.2) is 4.98 Å². The van der Waals surface area contributed by atoms with Crippen LogP contribution in [0.3, 0.4) is 0 Å². The van der Waals surface area contributed by atoms with Crippen LogP contribution in [0.5, 0.6) is 0 Å². The van der Waals surface area contributed by atoms with Crippen molar-refractivity contribution in [2.45, 2.75) is 26.4 Å². The van der Waals surface area contributed by atoms with Crippen molar-refractivity contribution in [2.24, 2.45) is 0 Å². The van der Waals surface area contributed by atoms with Crippen LogP contribution in [0.25, 0.3) is 10.6 Å². The van der Waals surface area contributed by atoms with Crippen molar-refractivity contribution in [3.63, 3.8) is 0 Å². The van der Waals surface area contributed by atoms with Gasteiger partial charge in [0, 0.05) is 29.4 Å². The van der Waals surface area contributed by atoms with Crippen LogP contribution in [-0.4, -0.2) is 16.4 Å². The van der Waals surface area contributed by atoms with Crippen molar-refractivity contribution < 1.29 is 0 Å². The Hall–Kier alpha value is -1.49. The molecular formula is C18H20N2S2. The van der Waals surface area contributed by atoms with E-state index in [2.05, 4.69) is 64.4 Å². The second kappa shape index (κ2) is 7.68. The van der Waals surface area contributed by atoms with Gasteiger partial charge in [-0.05, 0) is 30.0 Å². The monoisotopic (exact) mass is 328 g/mol. The van der Waals surface area contributed by atoms with Crippen molar-refractivity contribution in [1.29, 1.82) is 0 Å². The maximum atomic E-state index is 4.80. The highest BCUT2D eigenvalue weighted by Gasteiger charge is 2.10. The normalized spacial score (nSPS) is 11.2. The summed E-state index contributed by atoms with van der Waals surface area (Å²) < 4.78 is 0. The number of benzene rings is 1. The molecule has 2 nitrogen and oxygen atoms in total. The molecule has 114 valence electrons. The lowest BCUT2D eigenvalue weighted by Gasteiger charge is -2.20. The van der Waals surface area contributed by atoms with E-state index in [1.54, 1.807) is 22.7 Å². The van der Waals surface area contributed by atoms with Crippen LogP contribution in [-0.2, 0) is 13.1 Å². The zero-order valence-electron chi connectivity index (χ0n) is 12.7. The van der Waals surface area contributed by atoms with Crippen molar-refractivity contribution in [3.8, 4) is 10.6 Å². The molecule has 0 radical (unpaired) electrons. The third kappa shape index (κ3) is 4.03. The number of nitrogens with zero attached hydrogens (tertiary/aromatic N) is 2. The number of thiophene rings is 1. The molecule has 0 fully saturated rings. The molecule has 2 heterocycles. The number of hydrogen-bond acceptors (Lipinski definition) is 4. The van der Waals surface area contributed by atoms with E-state index >= 15 is 0 Å². The highest BCUT2D eigenvalue weighted by atomic mass is 32.1. The van der Waals surface area contributed by atoms with Gasteiger partial charge in [0.1, 0.15) is 5.01 Å². The predicted molar refractivity (Wildman–Crippen MR) is 96.3 cm³/mol. The first-order valence-corrected chi connectivity index (χ1v) is 9.40. The Balaban J connectivity index is 1.68. The Kier molecular flexibility index (Phi) is 5.38. The maximum Gasteiger partial charge on any atom is 0.124 e. The topological polar surface area (TPSA) is 16.1 Å². The minimum Gasteiger partial charge on any atom is -0.293 e. The summed E-state index contributed by atoms with van der Waals surface area (Å²) in [6.07, 6.45) is 1.16. The standard InChI is InChI=1S/C18H20N2S2/c1-2-9-20(11-15-6-4-3-5-7-15)12-17-14-22-18(19-17)16-8-10-21-13-16/h3-8,10,13-14H,2,9,11-12H2,1H3. The summed E-state index contributed by atoms with van der Waals surface area (Å²) in [6.45, 7) is 5.24. The molecule has 0 amide bonds. The van der Waals surface area contributed by atoms with Crippen LogP contribution in [0.15, 0.2) is 52.5 Å².